The van der Waals surface area contributed by atoms with E-state index < -0.39 is -2.15 Å². The average molecular weight is 624 g/mol. The van der Waals surface area contributed by atoms with Crippen LogP contribution in [0.1, 0.15) is 32.1 Å². The van der Waals surface area contributed by atoms with Crippen LogP contribution in [0, 0.1) is 0 Å². The van der Waals surface area contributed by atoms with Crippen molar-refractivity contribution in [1.82, 2.24) is 0 Å². The van der Waals surface area contributed by atoms with Crippen molar-refractivity contribution >= 4 is 82.7 Å². The highest BCUT2D eigenvalue weighted by Crippen LogP contribution is 2.99. The molecule has 0 aromatic heterocycles. The van der Waals surface area contributed by atoms with Crippen molar-refractivity contribution in [2.24, 2.45) is 0 Å². The van der Waals surface area contributed by atoms with E-state index in [1.54, 1.807) is 0 Å². The Kier molecular flexibility index (Phi) is 4.95. The van der Waals surface area contributed by atoms with E-state index in [-0.39, 0.29) is 0 Å². The summed E-state index contributed by atoms with van der Waals surface area (Å²) >= 11 is 10.9. The maximum Gasteiger partial charge on any atom is 0.00459 e. The average Bonchev–Trinajstić information content (AvgIpc) is 1.86. The maximum absolute atomic E-state index is 2.72. The highest BCUT2D eigenvalue weighted by molar-refractivity contribution is 14.6. The highest BCUT2D eigenvalue weighted by atomic mass is 127. The van der Waals surface area contributed by atoms with Gasteiger partial charge in [-0.1, -0.05) is 19.3 Å². The minimum atomic E-state index is -1.33. The Morgan fingerprint density at radius 2 is 1.27 bits per heavy atom. The van der Waals surface area contributed by atoms with Crippen LogP contribution in [0.3, 0.4) is 0 Å². The molecule has 0 aliphatic heterocycles. The van der Waals surface area contributed by atoms with Gasteiger partial charge in [-0.05, 0) is 97.7 Å². The van der Waals surface area contributed by atoms with Gasteiger partial charge in [0.1, 0.15) is 0 Å². The van der Waals surface area contributed by atoms with Crippen molar-refractivity contribution in [1.29, 1.82) is 0 Å². The van der Waals surface area contributed by atoms with Gasteiger partial charge < -0.3 is 0 Å². The molecule has 1 rings (SSSR count). The Hall–Kier alpha value is 3.27. The first-order chi connectivity index (χ1) is 4.86. The van der Waals surface area contributed by atoms with E-state index in [0.717, 1.165) is 5.25 Å². The van der Waals surface area contributed by atoms with Crippen molar-refractivity contribution in [3.63, 3.8) is 0 Å². The second-order valence-electron chi connectivity index (χ2n) is 3.07. The molecule has 0 saturated heterocycles. The molecule has 70 valence electrons. The molecule has 1 aliphatic rings. The van der Waals surface area contributed by atoms with Gasteiger partial charge in [0.05, 0.1) is 0 Å². The summed E-state index contributed by atoms with van der Waals surface area (Å²) < 4.78 is -1.33. The van der Waals surface area contributed by atoms with E-state index in [2.05, 4.69) is 84.8 Å². The molecule has 1 aliphatic carbocycles. The van der Waals surface area contributed by atoms with Crippen LogP contribution in [-0.4, -0.2) is 5.25 Å². The van der Waals surface area contributed by atoms with Gasteiger partial charge in [0, 0.05) is 5.25 Å². The van der Waals surface area contributed by atoms with Gasteiger partial charge in [-0.2, -0.15) is 0 Å². The normalized spacial score (nSPS) is 26.0. The standard InChI is InChI=1S/C6H12I4S/c7-11(8,9,10)6-4-2-1-3-5-6/h6,11H,1-5H2. The highest BCUT2D eigenvalue weighted by Gasteiger charge is 2.37. The molecule has 0 spiro atoms. The van der Waals surface area contributed by atoms with Gasteiger partial charge in [-0.25, -0.2) is 0 Å². The molecule has 0 radical (unpaired) electrons. The largest absolute Gasteiger partial charge is 0.114 e. The third-order valence-electron chi connectivity index (χ3n) is 2.13. The van der Waals surface area contributed by atoms with Crippen LogP contribution in [0.2, 0.25) is 0 Å². The molecule has 0 nitrogen and oxygen atoms in total. The topological polar surface area (TPSA) is 0 Å². The lowest BCUT2D eigenvalue weighted by Crippen LogP contribution is -2.14. The van der Waals surface area contributed by atoms with Gasteiger partial charge in [-0.15, -0.1) is -2.15 Å². The number of halogens is 4. The van der Waals surface area contributed by atoms with Crippen LogP contribution in [-0.2, 0) is 0 Å². The summed E-state index contributed by atoms with van der Waals surface area (Å²) in [5.74, 6) is 0. The summed E-state index contributed by atoms with van der Waals surface area (Å²) in [6.45, 7) is 0. The molecule has 0 bridgehead atoms. The van der Waals surface area contributed by atoms with Gasteiger partial charge in [0.25, 0.3) is 0 Å². The van der Waals surface area contributed by atoms with Gasteiger partial charge >= 0.3 is 0 Å². The molecule has 1 fully saturated rings. The van der Waals surface area contributed by atoms with Crippen molar-refractivity contribution in [3.8, 4) is 0 Å². The summed E-state index contributed by atoms with van der Waals surface area (Å²) in [5, 5.41) is 1.03. The minimum absolute atomic E-state index is 1.03. The SMILES string of the molecule is I[SH](I)(I)(I)C1CCCCC1. The molecule has 0 heterocycles. The lowest BCUT2D eigenvalue weighted by Gasteiger charge is -2.47. The summed E-state index contributed by atoms with van der Waals surface area (Å²) in [7, 11) is 0. The molecule has 0 N–H and O–H groups in total. The Morgan fingerprint density at radius 1 is 0.818 bits per heavy atom. The second-order valence-corrected chi connectivity index (χ2v) is 62.6. The van der Waals surface area contributed by atoms with Crippen molar-refractivity contribution in [2.75, 3.05) is 0 Å². The lowest BCUT2D eigenvalue weighted by molar-refractivity contribution is 0.517. The second kappa shape index (κ2) is 4.42. The van der Waals surface area contributed by atoms with Gasteiger partial charge in [0.2, 0.25) is 0 Å². The van der Waals surface area contributed by atoms with Crippen LogP contribution >= 0.6 is 82.7 Å². The quantitative estimate of drug-likeness (QED) is 0.278. The molecule has 11 heavy (non-hydrogen) atoms. The third kappa shape index (κ3) is 4.54. The Bertz CT molecular complexity index is 135. The van der Waals surface area contributed by atoms with E-state index in [1.165, 1.54) is 32.1 Å². The first kappa shape index (κ1) is 12.3. The van der Waals surface area contributed by atoms with Gasteiger partial charge in [0.15, 0.2) is 0 Å². The summed E-state index contributed by atoms with van der Waals surface area (Å²) in [6, 6.07) is 0. The van der Waals surface area contributed by atoms with E-state index in [1.807, 2.05) is 0 Å². The first-order valence-corrected chi connectivity index (χ1v) is 17.2. The smallest absolute Gasteiger partial charge is 0.00459 e. The van der Waals surface area contributed by atoms with Crippen molar-refractivity contribution in [2.45, 2.75) is 37.4 Å². The summed E-state index contributed by atoms with van der Waals surface area (Å²) in [6.07, 6.45) is 7.38. The number of thiol groups is 1. The predicted octanol–water partition coefficient (Wildman–Crippen LogP) is 5.79. The number of rotatable bonds is 1. The molecular weight excluding hydrogens is 612 g/mol. The van der Waals surface area contributed by atoms with Crippen LogP contribution in [0.25, 0.3) is 0 Å². The molecule has 0 aromatic rings. The number of hydrogen-bond acceptors (Lipinski definition) is 0. The zero-order chi connectivity index (χ0) is 8.56. The maximum atomic E-state index is 2.72. The lowest BCUT2D eigenvalue weighted by atomic mass is 10.0. The van der Waals surface area contributed by atoms with E-state index >= 15 is 0 Å². The molecule has 0 atom stereocenters. The Labute approximate surface area is 117 Å². The molecule has 0 unspecified atom stereocenters. The Morgan fingerprint density at radius 3 is 1.55 bits per heavy atom. The van der Waals surface area contributed by atoms with Crippen LogP contribution in [0.4, 0.5) is 0 Å². The van der Waals surface area contributed by atoms with Gasteiger partial charge in [-0.3, -0.25) is 0 Å². The molecule has 0 aromatic carbocycles. The Balaban J connectivity index is 2.59. The fourth-order valence-corrected chi connectivity index (χ4v) is 9.30. The minimum Gasteiger partial charge on any atom is -0.114 e. The van der Waals surface area contributed by atoms with E-state index in [0.29, 0.717) is 0 Å². The summed E-state index contributed by atoms with van der Waals surface area (Å²) in [4.78, 5) is 0. The van der Waals surface area contributed by atoms with E-state index in [4.69, 9.17) is 0 Å². The fraction of sp³-hybridized carbons (Fsp3) is 1.00. The van der Waals surface area contributed by atoms with Crippen LogP contribution in [0.5, 0.6) is 0 Å². The van der Waals surface area contributed by atoms with Crippen molar-refractivity contribution < 1.29 is 0 Å². The van der Waals surface area contributed by atoms with Crippen molar-refractivity contribution in [3.05, 3.63) is 0 Å². The molecule has 5 heteroatoms. The van der Waals surface area contributed by atoms with E-state index in [9.17, 15) is 0 Å². The third-order valence-corrected chi connectivity index (χ3v) is 13.2. The molecular formula is C6H12I4S. The molecule has 1 saturated carbocycles. The number of hydrogen-bond donors (Lipinski definition) is 1. The summed E-state index contributed by atoms with van der Waals surface area (Å²) in [5.41, 5.74) is 0. The predicted molar refractivity (Wildman–Crippen MR) is 91.9 cm³/mol. The zero-order valence-corrected chi connectivity index (χ0v) is 15.6. The molecule has 0 amide bonds. The zero-order valence-electron chi connectivity index (χ0n) is 6.07. The monoisotopic (exact) mass is 624 g/mol. The van der Waals surface area contributed by atoms with Crippen LogP contribution in [0.15, 0.2) is 0 Å². The van der Waals surface area contributed by atoms with Crippen LogP contribution < -0.4 is 0 Å². The first-order valence-electron chi connectivity index (χ1n) is 3.75. The fourth-order valence-electron chi connectivity index (χ4n) is 1.47.